The van der Waals surface area contributed by atoms with Crippen molar-refractivity contribution in [3.05, 3.63) is 50.6 Å². The van der Waals surface area contributed by atoms with Crippen molar-refractivity contribution in [2.24, 2.45) is 0 Å². The van der Waals surface area contributed by atoms with Gasteiger partial charge in [0.25, 0.3) is 0 Å². The van der Waals surface area contributed by atoms with Crippen molar-refractivity contribution in [1.29, 1.82) is 0 Å². The SMILES string of the molecule is O=C(Cc1cccs1)N1CCN(c2ccc(Cl)cc2Cl)CC1. The van der Waals surface area contributed by atoms with Crippen LogP contribution in [0.2, 0.25) is 10.0 Å². The number of rotatable bonds is 3. The predicted octanol–water partition coefficient (Wildman–Crippen LogP) is 3.95. The number of piperazine rings is 1. The van der Waals surface area contributed by atoms with E-state index >= 15 is 0 Å². The second-order valence-electron chi connectivity index (χ2n) is 5.22. The molecule has 1 aromatic heterocycles. The third kappa shape index (κ3) is 3.57. The molecular formula is C16H16Cl2N2OS. The highest BCUT2D eigenvalue weighted by atomic mass is 35.5. The first-order chi connectivity index (χ1) is 10.6. The van der Waals surface area contributed by atoms with Crippen LogP contribution in [-0.2, 0) is 11.2 Å². The van der Waals surface area contributed by atoms with Gasteiger partial charge >= 0.3 is 0 Å². The molecular weight excluding hydrogens is 339 g/mol. The minimum Gasteiger partial charge on any atom is -0.367 e. The molecule has 0 saturated carbocycles. The lowest BCUT2D eigenvalue weighted by Gasteiger charge is -2.36. The molecule has 3 nitrogen and oxygen atoms in total. The van der Waals surface area contributed by atoms with Crippen LogP contribution < -0.4 is 4.90 Å². The molecule has 1 saturated heterocycles. The average Bonchev–Trinajstić information content (AvgIpc) is 3.00. The molecule has 0 spiro atoms. The van der Waals surface area contributed by atoms with Gasteiger partial charge in [-0.1, -0.05) is 29.3 Å². The highest BCUT2D eigenvalue weighted by molar-refractivity contribution is 7.10. The van der Waals surface area contributed by atoms with Crippen molar-refractivity contribution in [2.45, 2.75) is 6.42 Å². The maximum Gasteiger partial charge on any atom is 0.227 e. The van der Waals surface area contributed by atoms with Gasteiger partial charge in [-0.3, -0.25) is 4.79 Å². The van der Waals surface area contributed by atoms with Gasteiger partial charge < -0.3 is 9.80 Å². The summed E-state index contributed by atoms with van der Waals surface area (Å²) in [4.78, 5) is 17.5. The van der Waals surface area contributed by atoms with E-state index in [1.54, 1.807) is 17.4 Å². The summed E-state index contributed by atoms with van der Waals surface area (Å²) < 4.78 is 0. The van der Waals surface area contributed by atoms with Crippen molar-refractivity contribution in [3.63, 3.8) is 0 Å². The third-order valence-electron chi connectivity index (χ3n) is 3.79. The van der Waals surface area contributed by atoms with E-state index in [0.29, 0.717) is 16.5 Å². The van der Waals surface area contributed by atoms with Gasteiger partial charge in [0.1, 0.15) is 0 Å². The van der Waals surface area contributed by atoms with Crippen molar-refractivity contribution in [2.75, 3.05) is 31.1 Å². The fourth-order valence-electron chi connectivity index (χ4n) is 2.61. The monoisotopic (exact) mass is 354 g/mol. The Morgan fingerprint density at radius 2 is 1.91 bits per heavy atom. The molecule has 0 N–H and O–H groups in total. The zero-order chi connectivity index (χ0) is 15.5. The highest BCUT2D eigenvalue weighted by Gasteiger charge is 2.22. The van der Waals surface area contributed by atoms with E-state index in [9.17, 15) is 4.79 Å². The van der Waals surface area contributed by atoms with Crippen LogP contribution in [-0.4, -0.2) is 37.0 Å². The molecule has 22 heavy (non-hydrogen) atoms. The number of benzene rings is 1. The molecule has 3 rings (SSSR count). The zero-order valence-electron chi connectivity index (χ0n) is 12.0. The molecule has 2 aromatic rings. The second kappa shape index (κ2) is 6.90. The van der Waals surface area contributed by atoms with Crippen molar-refractivity contribution < 1.29 is 4.79 Å². The zero-order valence-corrected chi connectivity index (χ0v) is 14.3. The maximum absolute atomic E-state index is 12.3. The Morgan fingerprint density at radius 3 is 2.55 bits per heavy atom. The van der Waals surface area contributed by atoms with E-state index in [2.05, 4.69) is 4.90 Å². The number of anilines is 1. The molecule has 1 fully saturated rings. The van der Waals surface area contributed by atoms with Gasteiger partial charge in [-0.05, 0) is 29.6 Å². The standard InChI is InChI=1S/C16H16Cl2N2OS/c17-12-3-4-15(14(18)10-12)19-5-7-20(8-6-19)16(21)11-13-2-1-9-22-13/h1-4,9-10H,5-8,11H2. The number of thiophene rings is 1. The molecule has 0 bridgehead atoms. The Labute approximate surface area is 144 Å². The number of hydrogen-bond acceptors (Lipinski definition) is 3. The maximum atomic E-state index is 12.3. The van der Waals surface area contributed by atoms with E-state index in [4.69, 9.17) is 23.2 Å². The molecule has 0 unspecified atom stereocenters. The molecule has 0 aliphatic carbocycles. The number of hydrogen-bond donors (Lipinski definition) is 0. The van der Waals surface area contributed by atoms with Gasteiger partial charge in [-0.15, -0.1) is 11.3 Å². The summed E-state index contributed by atoms with van der Waals surface area (Å²) in [5.74, 6) is 0.198. The lowest BCUT2D eigenvalue weighted by atomic mass is 10.2. The minimum absolute atomic E-state index is 0.198. The van der Waals surface area contributed by atoms with E-state index in [-0.39, 0.29) is 5.91 Å². The number of carbonyl (C=O) groups is 1. The average molecular weight is 355 g/mol. The molecule has 1 aromatic carbocycles. The summed E-state index contributed by atoms with van der Waals surface area (Å²) in [6, 6.07) is 9.53. The van der Waals surface area contributed by atoms with Crippen LogP contribution in [0.4, 0.5) is 5.69 Å². The number of halogens is 2. The Hall–Kier alpha value is -1.23. The quantitative estimate of drug-likeness (QED) is 0.833. The van der Waals surface area contributed by atoms with Crippen molar-refractivity contribution in [3.8, 4) is 0 Å². The third-order valence-corrected chi connectivity index (χ3v) is 5.20. The number of carbonyl (C=O) groups excluding carboxylic acids is 1. The van der Waals surface area contributed by atoms with E-state index in [1.807, 2.05) is 34.5 Å². The molecule has 0 radical (unpaired) electrons. The summed E-state index contributed by atoms with van der Waals surface area (Å²) in [5.41, 5.74) is 0.983. The summed E-state index contributed by atoms with van der Waals surface area (Å²) in [6.45, 7) is 3.03. The normalized spacial score (nSPS) is 15.2. The van der Waals surface area contributed by atoms with Gasteiger partial charge in [0.05, 0.1) is 17.1 Å². The first-order valence-corrected chi connectivity index (χ1v) is 8.77. The van der Waals surface area contributed by atoms with Crippen LogP contribution in [0.15, 0.2) is 35.7 Å². The van der Waals surface area contributed by atoms with E-state index < -0.39 is 0 Å². The summed E-state index contributed by atoms with van der Waals surface area (Å²) in [5, 5.41) is 3.30. The van der Waals surface area contributed by atoms with Gasteiger partial charge in [-0.25, -0.2) is 0 Å². The van der Waals surface area contributed by atoms with Gasteiger partial charge in [-0.2, -0.15) is 0 Å². The molecule has 0 atom stereocenters. The molecule has 1 aliphatic heterocycles. The van der Waals surface area contributed by atoms with Crippen LogP contribution in [0, 0.1) is 0 Å². The second-order valence-corrected chi connectivity index (χ2v) is 7.10. The largest absolute Gasteiger partial charge is 0.367 e. The van der Waals surface area contributed by atoms with Crippen molar-refractivity contribution in [1.82, 2.24) is 4.90 Å². The lowest BCUT2D eigenvalue weighted by molar-refractivity contribution is -0.130. The van der Waals surface area contributed by atoms with Gasteiger partial charge in [0.2, 0.25) is 5.91 Å². The Bertz CT molecular complexity index is 652. The number of nitrogens with zero attached hydrogens (tertiary/aromatic N) is 2. The molecule has 1 amide bonds. The van der Waals surface area contributed by atoms with Crippen molar-refractivity contribution >= 4 is 46.1 Å². The summed E-state index contributed by atoms with van der Waals surface area (Å²) >= 11 is 13.8. The predicted molar refractivity (Wildman–Crippen MR) is 93.3 cm³/mol. The smallest absolute Gasteiger partial charge is 0.227 e. The first kappa shape index (κ1) is 15.7. The Kier molecular flexibility index (Phi) is 4.91. The summed E-state index contributed by atoms with van der Waals surface area (Å²) in [7, 11) is 0. The topological polar surface area (TPSA) is 23.6 Å². The minimum atomic E-state index is 0.198. The van der Waals surface area contributed by atoms with Crippen LogP contribution in [0.3, 0.4) is 0 Å². The Balaban J connectivity index is 1.59. The first-order valence-electron chi connectivity index (χ1n) is 7.13. The fourth-order valence-corrected chi connectivity index (χ4v) is 3.83. The highest BCUT2D eigenvalue weighted by Crippen LogP contribution is 2.29. The van der Waals surface area contributed by atoms with Gasteiger partial charge in [0, 0.05) is 36.1 Å². The van der Waals surface area contributed by atoms with E-state index in [0.717, 1.165) is 36.7 Å². The molecule has 1 aliphatic rings. The molecule has 2 heterocycles. The van der Waals surface area contributed by atoms with Crippen LogP contribution >= 0.6 is 34.5 Å². The van der Waals surface area contributed by atoms with Crippen LogP contribution in [0.5, 0.6) is 0 Å². The molecule has 116 valence electrons. The van der Waals surface area contributed by atoms with Crippen LogP contribution in [0.25, 0.3) is 0 Å². The van der Waals surface area contributed by atoms with Crippen LogP contribution in [0.1, 0.15) is 4.88 Å². The van der Waals surface area contributed by atoms with Gasteiger partial charge in [0.15, 0.2) is 0 Å². The lowest BCUT2D eigenvalue weighted by Crippen LogP contribution is -2.49. The van der Waals surface area contributed by atoms with E-state index in [1.165, 1.54) is 0 Å². The Morgan fingerprint density at radius 1 is 1.14 bits per heavy atom. The summed E-state index contributed by atoms with van der Waals surface area (Å²) in [6.07, 6.45) is 0.499. The number of amides is 1. The molecule has 6 heteroatoms. The fraction of sp³-hybridized carbons (Fsp3) is 0.312.